The molecular formula is C17H24N2O. The first kappa shape index (κ1) is 13.7. The van der Waals surface area contributed by atoms with Gasteiger partial charge in [0, 0.05) is 24.0 Å². The number of hydrogen-bond acceptors (Lipinski definition) is 3. The maximum absolute atomic E-state index is 5.89. The van der Waals surface area contributed by atoms with Crippen molar-refractivity contribution in [3.05, 3.63) is 35.6 Å². The number of nitrogens with two attached hydrogens (primary N) is 1. The minimum absolute atomic E-state index is 0.481. The topological polar surface area (TPSA) is 42.4 Å². The zero-order chi connectivity index (χ0) is 13.9. The van der Waals surface area contributed by atoms with Crippen LogP contribution in [0.2, 0.25) is 0 Å². The van der Waals surface area contributed by atoms with E-state index in [2.05, 4.69) is 24.0 Å². The largest absolute Gasteiger partial charge is 0.459 e. The van der Waals surface area contributed by atoms with Gasteiger partial charge in [0.15, 0.2) is 0 Å². The summed E-state index contributed by atoms with van der Waals surface area (Å²) in [7, 11) is 0. The highest BCUT2D eigenvalue weighted by molar-refractivity contribution is 5.82. The van der Waals surface area contributed by atoms with Gasteiger partial charge in [-0.3, -0.25) is 4.90 Å². The summed E-state index contributed by atoms with van der Waals surface area (Å²) in [6.07, 6.45) is 3.97. The van der Waals surface area contributed by atoms with Gasteiger partial charge in [-0.1, -0.05) is 31.5 Å². The van der Waals surface area contributed by atoms with Gasteiger partial charge < -0.3 is 10.2 Å². The van der Waals surface area contributed by atoms with Crippen LogP contribution >= 0.6 is 0 Å². The molecule has 20 heavy (non-hydrogen) atoms. The third-order valence-corrected chi connectivity index (χ3v) is 4.53. The Bertz CT molecular complexity index is 575. The van der Waals surface area contributed by atoms with Crippen molar-refractivity contribution >= 4 is 11.0 Å². The van der Waals surface area contributed by atoms with E-state index in [-0.39, 0.29) is 0 Å². The van der Waals surface area contributed by atoms with Gasteiger partial charge in [-0.2, -0.15) is 0 Å². The van der Waals surface area contributed by atoms with Gasteiger partial charge in [-0.05, 0) is 31.4 Å². The number of nitrogens with zero attached hydrogens (tertiary/aromatic N) is 1. The second kappa shape index (κ2) is 5.98. The summed E-state index contributed by atoms with van der Waals surface area (Å²) in [5.41, 5.74) is 8.12. The first-order valence-corrected chi connectivity index (χ1v) is 7.73. The monoisotopic (exact) mass is 272 g/mol. The standard InChI is InChI=1S/C17H24N2O/c1-2-13-6-5-9-19(11-13)12-15-14-7-3-4-8-16(14)20-17(15)10-18/h3-4,7-8,13H,2,5-6,9-12,18H2,1H3. The molecule has 2 N–H and O–H groups in total. The summed E-state index contributed by atoms with van der Waals surface area (Å²) >= 11 is 0. The van der Waals surface area contributed by atoms with Crippen LogP contribution in [0.4, 0.5) is 0 Å². The predicted octanol–water partition coefficient (Wildman–Crippen LogP) is 3.51. The molecule has 2 aromatic rings. The molecule has 0 radical (unpaired) electrons. The molecule has 3 nitrogen and oxygen atoms in total. The Labute approximate surface area is 120 Å². The van der Waals surface area contributed by atoms with Crippen molar-refractivity contribution in [1.29, 1.82) is 0 Å². The van der Waals surface area contributed by atoms with Gasteiger partial charge in [-0.15, -0.1) is 0 Å². The first-order chi connectivity index (χ1) is 9.81. The molecule has 1 aliphatic heterocycles. The van der Waals surface area contributed by atoms with E-state index in [1.165, 1.54) is 43.3 Å². The molecule has 0 amide bonds. The van der Waals surface area contributed by atoms with E-state index >= 15 is 0 Å². The van der Waals surface area contributed by atoms with Crippen LogP contribution in [-0.2, 0) is 13.1 Å². The molecule has 108 valence electrons. The van der Waals surface area contributed by atoms with Gasteiger partial charge >= 0.3 is 0 Å². The number of para-hydroxylation sites is 1. The van der Waals surface area contributed by atoms with Crippen LogP contribution in [0.1, 0.15) is 37.5 Å². The molecule has 3 rings (SSSR count). The Morgan fingerprint density at radius 3 is 3.00 bits per heavy atom. The third-order valence-electron chi connectivity index (χ3n) is 4.53. The molecule has 2 heterocycles. The number of likely N-dealkylation sites (tertiary alicyclic amines) is 1. The average molecular weight is 272 g/mol. The molecule has 0 aliphatic carbocycles. The van der Waals surface area contributed by atoms with Crippen LogP contribution in [0, 0.1) is 5.92 Å². The highest BCUT2D eigenvalue weighted by Crippen LogP contribution is 2.29. The molecule has 1 aliphatic rings. The van der Waals surface area contributed by atoms with Crippen molar-refractivity contribution in [1.82, 2.24) is 4.90 Å². The lowest BCUT2D eigenvalue weighted by atomic mass is 9.95. The fourth-order valence-corrected chi connectivity index (χ4v) is 3.34. The third kappa shape index (κ3) is 2.60. The Morgan fingerprint density at radius 1 is 1.35 bits per heavy atom. The van der Waals surface area contributed by atoms with Gasteiger partial charge in [-0.25, -0.2) is 0 Å². The van der Waals surface area contributed by atoms with Crippen LogP contribution in [0.15, 0.2) is 28.7 Å². The van der Waals surface area contributed by atoms with E-state index < -0.39 is 0 Å². The molecule has 1 fully saturated rings. The van der Waals surface area contributed by atoms with E-state index in [4.69, 9.17) is 10.2 Å². The van der Waals surface area contributed by atoms with Crippen molar-refractivity contribution in [2.75, 3.05) is 13.1 Å². The van der Waals surface area contributed by atoms with Crippen molar-refractivity contribution in [2.45, 2.75) is 39.3 Å². The number of piperidine rings is 1. The molecule has 0 spiro atoms. The lowest BCUT2D eigenvalue weighted by Gasteiger charge is -2.32. The molecule has 1 atom stereocenters. The lowest BCUT2D eigenvalue weighted by Crippen LogP contribution is -2.34. The quantitative estimate of drug-likeness (QED) is 0.926. The number of furan rings is 1. The highest BCUT2D eigenvalue weighted by atomic mass is 16.3. The number of hydrogen-bond donors (Lipinski definition) is 1. The normalized spacial score (nSPS) is 20.6. The fourth-order valence-electron chi connectivity index (χ4n) is 3.34. The van der Waals surface area contributed by atoms with E-state index in [1.54, 1.807) is 0 Å². The zero-order valence-corrected chi connectivity index (χ0v) is 12.3. The summed E-state index contributed by atoms with van der Waals surface area (Å²) in [6.45, 7) is 6.15. The Kier molecular flexibility index (Phi) is 4.08. The Morgan fingerprint density at radius 2 is 2.20 bits per heavy atom. The summed E-state index contributed by atoms with van der Waals surface area (Å²) in [4.78, 5) is 2.56. The van der Waals surface area contributed by atoms with Crippen molar-refractivity contribution in [3.63, 3.8) is 0 Å². The first-order valence-electron chi connectivity index (χ1n) is 7.73. The van der Waals surface area contributed by atoms with Gasteiger partial charge in [0.05, 0.1) is 6.54 Å². The van der Waals surface area contributed by atoms with E-state index in [0.29, 0.717) is 6.54 Å². The zero-order valence-electron chi connectivity index (χ0n) is 12.3. The molecule has 0 saturated carbocycles. The number of rotatable bonds is 4. The van der Waals surface area contributed by atoms with Crippen LogP contribution < -0.4 is 5.73 Å². The molecule has 1 unspecified atom stereocenters. The van der Waals surface area contributed by atoms with Crippen LogP contribution in [0.5, 0.6) is 0 Å². The SMILES string of the molecule is CCC1CCCN(Cc2c(CN)oc3ccccc23)C1. The maximum atomic E-state index is 5.89. The molecule has 1 aromatic carbocycles. The van der Waals surface area contributed by atoms with Gasteiger partial charge in [0.1, 0.15) is 11.3 Å². The fraction of sp³-hybridized carbons (Fsp3) is 0.529. The minimum Gasteiger partial charge on any atom is -0.459 e. The van der Waals surface area contributed by atoms with Crippen LogP contribution in [0.3, 0.4) is 0 Å². The summed E-state index contributed by atoms with van der Waals surface area (Å²) in [5, 5.41) is 1.23. The summed E-state index contributed by atoms with van der Waals surface area (Å²) in [6, 6.07) is 8.27. The average Bonchev–Trinajstić information content (AvgIpc) is 2.85. The molecular weight excluding hydrogens is 248 g/mol. The smallest absolute Gasteiger partial charge is 0.134 e. The maximum Gasteiger partial charge on any atom is 0.134 e. The number of benzene rings is 1. The highest BCUT2D eigenvalue weighted by Gasteiger charge is 2.21. The van der Waals surface area contributed by atoms with E-state index in [0.717, 1.165) is 23.8 Å². The molecule has 1 aromatic heterocycles. The second-order valence-corrected chi connectivity index (χ2v) is 5.86. The van der Waals surface area contributed by atoms with Crippen LogP contribution in [0.25, 0.3) is 11.0 Å². The molecule has 0 bridgehead atoms. The molecule has 3 heteroatoms. The molecule has 1 saturated heterocycles. The Balaban J connectivity index is 1.86. The summed E-state index contributed by atoms with van der Waals surface area (Å²) in [5.74, 6) is 1.80. The Hall–Kier alpha value is -1.32. The summed E-state index contributed by atoms with van der Waals surface area (Å²) < 4.78 is 5.89. The minimum atomic E-state index is 0.481. The van der Waals surface area contributed by atoms with Gasteiger partial charge in [0.2, 0.25) is 0 Å². The van der Waals surface area contributed by atoms with Crippen LogP contribution in [-0.4, -0.2) is 18.0 Å². The number of fused-ring (bicyclic) bond motifs is 1. The van der Waals surface area contributed by atoms with Crippen molar-refractivity contribution in [2.24, 2.45) is 11.7 Å². The van der Waals surface area contributed by atoms with Crippen molar-refractivity contribution in [3.8, 4) is 0 Å². The van der Waals surface area contributed by atoms with Crippen molar-refractivity contribution < 1.29 is 4.42 Å². The van der Waals surface area contributed by atoms with Gasteiger partial charge in [0.25, 0.3) is 0 Å². The predicted molar refractivity (Wildman–Crippen MR) is 82.4 cm³/mol. The lowest BCUT2D eigenvalue weighted by molar-refractivity contribution is 0.164. The van der Waals surface area contributed by atoms with E-state index in [9.17, 15) is 0 Å². The van der Waals surface area contributed by atoms with E-state index in [1.807, 2.05) is 12.1 Å². The second-order valence-electron chi connectivity index (χ2n) is 5.86.